The Labute approximate surface area is 101 Å². The molecule has 6 nitrogen and oxygen atoms in total. The molecule has 96 valence electrons. The van der Waals surface area contributed by atoms with Crippen LogP contribution in [0.3, 0.4) is 0 Å². The Bertz CT molecular complexity index is 305. The maximum Gasteiger partial charge on any atom is 0.131 e. The molecular weight excluding hydrogens is 220 g/mol. The van der Waals surface area contributed by atoms with Gasteiger partial charge in [-0.25, -0.2) is 9.97 Å². The molecule has 6 heteroatoms. The van der Waals surface area contributed by atoms with E-state index in [0.29, 0.717) is 31.9 Å². The summed E-state index contributed by atoms with van der Waals surface area (Å²) in [4.78, 5) is 8.53. The molecule has 0 aliphatic heterocycles. The first-order valence-corrected chi connectivity index (χ1v) is 5.69. The van der Waals surface area contributed by atoms with E-state index in [2.05, 4.69) is 20.6 Å². The number of methoxy groups -OCH3 is 1. The number of hydrogen-bond donors (Lipinski definition) is 3. The highest BCUT2D eigenvalue weighted by Crippen LogP contribution is 2.10. The van der Waals surface area contributed by atoms with Gasteiger partial charge in [-0.15, -0.1) is 0 Å². The lowest BCUT2D eigenvalue weighted by Crippen LogP contribution is -2.11. The van der Waals surface area contributed by atoms with Crippen LogP contribution in [0.1, 0.15) is 12.2 Å². The fourth-order valence-electron chi connectivity index (χ4n) is 1.33. The van der Waals surface area contributed by atoms with Crippen LogP contribution in [0.15, 0.2) is 6.07 Å². The lowest BCUT2D eigenvalue weighted by molar-refractivity contribution is 0.210. The molecule has 0 saturated heterocycles. The van der Waals surface area contributed by atoms with E-state index in [1.807, 2.05) is 13.0 Å². The largest absolute Gasteiger partial charge is 0.396 e. The van der Waals surface area contributed by atoms with E-state index in [0.717, 1.165) is 11.6 Å². The van der Waals surface area contributed by atoms with Crippen molar-refractivity contribution >= 4 is 11.6 Å². The zero-order chi connectivity index (χ0) is 12.5. The van der Waals surface area contributed by atoms with Gasteiger partial charge in [0.2, 0.25) is 0 Å². The maximum absolute atomic E-state index is 8.70. The molecule has 0 radical (unpaired) electrons. The number of rotatable bonds is 8. The van der Waals surface area contributed by atoms with E-state index in [9.17, 15) is 0 Å². The highest BCUT2D eigenvalue weighted by Gasteiger charge is 2.00. The van der Waals surface area contributed by atoms with Crippen molar-refractivity contribution in [2.75, 3.05) is 44.0 Å². The van der Waals surface area contributed by atoms with Crippen LogP contribution in [0.25, 0.3) is 0 Å². The average Bonchev–Trinajstić information content (AvgIpc) is 2.29. The fraction of sp³-hybridized carbons (Fsp3) is 0.636. The molecule has 0 spiro atoms. The minimum Gasteiger partial charge on any atom is -0.396 e. The summed E-state index contributed by atoms with van der Waals surface area (Å²) >= 11 is 0. The number of aliphatic hydroxyl groups is 1. The summed E-state index contributed by atoms with van der Waals surface area (Å²) < 4.78 is 4.95. The van der Waals surface area contributed by atoms with E-state index in [1.165, 1.54) is 0 Å². The maximum atomic E-state index is 8.70. The number of nitrogens with one attached hydrogen (secondary N) is 2. The van der Waals surface area contributed by atoms with Gasteiger partial charge in [0, 0.05) is 32.9 Å². The SMILES string of the molecule is COCCNc1cc(NCCCO)nc(C)n1. The van der Waals surface area contributed by atoms with E-state index in [-0.39, 0.29) is 6.61 Å². The number of aryl methyl sites for hydroxylation is 1. The van der Waals surface area contributed by atoms with Gasteiger partial charge in [-0.3, -0.25) is 0 Å². The van der Waals surface area contributed by atoms with Crippen LogP contribution in [0.2, 0.25) is 0 Å². The third-order valence-corrected chi connectivity index (χ3v) is 2.09. The molecule has 0 aliphatic carbocycles. The van der Waals surface area contributed by atoms with E-state index < -0.39 is 0 Å². The second kappa shape index (κ2) is 7.81. The molecule has 17 heavy (non-hydrogen) atoms. The number of aliphatic hydroxyl groups excluding tert-OH is 1. The smallest absolute Gasteiger partial charge is 0.131 e. The van der Waals surface area contributed by atoms with E-state index >= 15 is 0 Å². The molecule has 1 aromatic heterocycles. The van der Waals surface area contributed by atoms with Crippen LogP contribution < -0.4 is 10.6 Å². The predicted octanol–water partition coefficient (Wildman–Crippen LogP) is 0.638. The normalized spacial score (nSPS) is 10.3. The second-order valence-corrected chi connectivity index (χ2v) is 3.61. The molecule has 0 aliphatic rings. The van der Waals surface area contributed by atoms with Crippen LogP contribution in [-0.2, 0) is 4.74 Å². The third kappa shape index (κ3) is 5.46. The molecule has 1 aromatic rings. The zero-order valence-corrected chi connectivity index (χ0v) is 10.4. The highest BCUT2D eigenvalue weighted by atomic mass is 16.5. The molecule has 1 rings (SSSR count). The molecule has 0 unspecified atom stereocenters. The van der Waals surface area contributed by atoms with Gasteiger partial charge >= 0.3 is 0 Å². The van der Waals surface area contributed by atoms with Crippen molar-refractivity contribution in [1.82, 2.24) is 9.97 Å². The van der Waals surface area contributed by atoms with Crippen molar-refractivity contribution in [3.63, 3.8) is 0 Å². The lowest BCUT2D eigenvalue weighted by atomic mass is 10.4. The van der Waals surface area contributed by atoms with Crippen molar-refractivity contribution in [3.8, 4) is 0 Å². The Morgan fingerprint density at radius 2 is 1.88 bits per heavy atom. The van der Waals surface area contributed by atoms with Crippen LogP contribution >= 0.6 is 0 Å². The summed E-state index contributed by atoms with van der Waals surface area (Å²) in [5, 5.41) is 15.0. The fourth-order valence-corrected chi connectivity index (χ4v) is 1.33. The first-order chi connectivity index (χ1) is 8.26. The molecule has 0 bridgehead atoms. The van der Waals surface area contributed by atoms with Gasteiger partial charge in [0.05, 0.1) is 6.61 Å². The first-order valence-electron chi connectivity index (χ1n) is 5.69. The first kappa shape index (κ1) is 13.7. The van der Waals surface area contributed by atoms with Crippen molar-refractivity contribution in [1.29, 1.82) is 0 Å². The van der Waals surface area contributed by atoms with E-state index in [4.69, 9.17) is 9.84 Å². The minimum absolute atomic E-state index is 0.177. The number of nitrogens with zero attached hydrogens (tertiary/aromatic N) is 2. The zero-order valence-electron chi connectivity index (χ0n) is 10.4. The lowest BCUT2D eigenvalue weighted by Gasteiger charge is -2.09. The second-order valence-electron chi connectivity index (χ2n) is 3.61. The quantitative estimate of drug-likeness (QED) is 0.579. The van der Waals surface area contributed by atoms with Gasteiger partial charge in [-0.2, -0.15) is 0 Å². The third-order valence-electron chi connectivity index (χ3n) is 2.09. The van der Waals surface area contributed by atoms with Crippen LogP contribution in [-0.4, -0.2) is 48.5 Å². The van der Waals surface area contributed by atoms with Crippen molar-refractivity contribution in [2.24, 2.45) is 0 Å². The van der Waals surface area contributed by atoms with Gasteiger partial charge in [0.1, 0.15) is 17.5 Å². The predicted molar refractivity (Wildman–Crippen MR) is 67.3 cm³/mol. The Morgan fingerprint density at radius 3 is 2.47 bits per heavy atom. The van der Waals surface area contributed by atoms with Crippen molar-refractivity contribution in [3.05, 3.63) is 11.9 Å². The molecule has 1 heterocycles. The average molecular weight is 240 g/mol. The van der Waals surface area contributed by atoms with Gasteiger partial charge in [-0.1, -0.05) is 0 Å². The van der Waals surface area contributed by atoms with Crippen molar-refractivity contribution in [2.45, 2.75) is 13.3 Å². The number of anilines is 2. The Hall–Kier alpha value is -1.40. The summed E-state index contributed by atoms with van der Waals surface area (Å²) in [6.07, 6.45) is 0.704. The number of ether oxygens (including phenoxy) is 1. The Kier molecular flexibility index (Phi) is 6.27. The van der Waals surface area contributed by atoms with E-state index in [1.54, 1.807) is 7.11 Å². The minimum atomic E-state index is 0.177. The van der Waals surface area contributed by atoms with Crippen LogP contribution in [0.5, 0.6) is 0 Å². The molecule has 0 atom stereocenters. The monoisotopic (exact) mass is 240 g/mol. The Balaban J connectivity index is 2.53. The molecule has 0 amide bonds. The molecule has 3 N–H and O–H groups in total. The summed E-state index contributed by atoms with van der Waals surface area (Å²) in [6.45, 7) is 4.07. The van der Waals surface area contributed by atoms with Gasteiger partial charge < -0.3 is 20.5 Å². The van der Waals surface area contributed by atoms with Gasteiger partial charge in [0.15, 0.2) is 0 Å². The molecule has 0 fully saturated rings. The van der Waals surface area contributed by atoms with Gasteiger partial charge in [0.25, 0.3) is 0 Å². The van der Waals surface area contributed by atoms with Crippen molar-refractivity contribution < 1.29 is 9.84 Å². The summed E-state index contributed by atoms with van der Waals surface area (Å²) in [5.41, 5.74) is 0. The Morgan fingerprint density at radius 1 is 1.24 bits per heavy atom. The van der Waals surface area contributed by atoms with Gasteiger partial charge in [-0.05, 0) is 13.3 Å². The number of aromatic nitrogens is 2. The number of hydrogen-bond acceptors (Lipinski definition) is 6. The molecular formula is C11H20N4O2. The standard InChI is InChI=1S/C11H20N4O2/c1-9-14-10(12-4-3-6-16)8-11(15-9)13-5-7-17-2/h8,16H,3-7H2,1-2H3,(H2,12,13,14,15). The molecule has 0 aromatic carbocycles. The van der Waals surface area contributed by atoms with Crippen LogP contribution in [0.4, 0.5) is 11.6 Å². The summed E-state index contributed by atoms with van der Waals surface area (Å²) in [6, 6.07) is 1.85. The summed E-state index contributed by atoms with van der Waals surface area (Å²) in [5.74, 6) is 2.26. The molecule has 0 saturated carbocycles. The topological polar surface area (TPSA) is 79.3 Å². The van der Waals surface area contributed by atoms with Crippen LogP contribution in [0, 0.1) is 6.92 Å². The summed E-state index contributed by atoms with van der Waals surface area (Å²) in [7, 11) is 1.66. The highest BCUT2D eigenvalue weighted by molar-refractivity contribution is 5.47.